The van der Waals surface area contributed by atoms with Crippen LogP contribution < -0.4 is 10.6 Å². The summed E-state index contributed by atoms with van der Waals surface area (Å²) in [6.45, 7) is 28.8. The van der Waals surface area contributed by atoms with Gasteiger partial charge in [-0.15, -0.1) is 0 Å². The highest BCUT2D eigenvalue weighted by molar-refractivity contribution is 5.84. The lowest BCUT2D eigenvalue weighted by Gasteiger charge is -2.72. The van der Waals surface area contributed by atoms with Gasteiger partial charge in [-0.25, -0.2) is 4.79 Å². The maximum Gasteiger partial charge on any atom is 0.407 e. The van der Waals surface area contributed by atoms with Crippen molar-refractivity contribution in [2.24, 2.45) is 62.1 Å². The molecule has 5 fully saturated rings. The summed E-state index contributed by atoms with van der Waals surface area (Å²) in [4.78, 5) is 51.2. The van der Waals surface area contributed by atoms with Gasteiger partial charge in [0.15, 0.2) is 0 Å². The maximum atomic E-state index is 14.4. The summed E-state index contributed by atoms with van der Waals surface area (Å²) < 4.78 is 11.6. The van der Waals surface area contributed by atoms with Gasteiger partial charge < -0.3 is 25.2 Å². The molecular weight excluding hydrogens is 668 g/mol. The number of alkyl carbamates (subject to hydrolysis) is 1. The summed E-state index contributed by atoms with van der Waals surface area (Å²) in [6.07, 6.45) is 9.47. The zero-order valence-corrected chi connectivity index (χ0v) is 35.0. The predicted molar refractivity (Wildman–Crippen MR) is 207 cm³/mol. The molecule has 0 radical (unpaired) electrons. The molecule has 3 unspecified atom stereocenters. The van der Waals surface area contributed by atoms with Gasteiger partial charge in [0.25, 0.3) is 0 Å². The Morgan fingerprint density at radius 2 is 1.43 bits per heavy atom. The minimum absolute atomic E-state index is 0.0655. The normalized spacial score (nSPS) is 38.9. The molecule has 10 atom stereocenters. The van der Waals surface area contributed by atoms with Crippen molar-refractivity contribution in [2.75, 3.05) is 13.1 Å². The topological polar surface area (TPSA) is 131 Å². The van der Waals surface area contributed by atoms with E-state index in [0.29, 0.717) is 36.8 Å². The van der Waals surface area contributed by atoms with Crippen molar-refractivity contribution in [3.8, 4) is 0 Å². The van der Waals surface area contributed by atoms with E-state index in [4.69, 9.17) is 9.47 Å². The molecule has 53 heavy (non-hydrogen) atoms. The van der Waals surface area contributed by atoms with Crippen LogP contribution in [0.3, 0.4) is 0 Å². The number of allylic oxidation sites excluding steroid dienone is 1. The van der Waals surface area contributed by atoms with Crippen LogP contribution in [0.5, 0.6) is 0 Å². The lowest BCUT2D eigenvalue weighted by molar-refractivity contribution is -0.249. The van der Waals surface area contributed by atoms with E-state index in [2.05, 4.69) is 58.8 Å². The molecule has 0 aromatic rings. The van der Waals surface area contributed by atoms with Crippen LogP contribution in [0, 0.1) is 62.1 Å². The number of carboxylic acids is 1. The maximum absolute atomic E-state index is 14.4. The predicted octanol–water partition coefficient (Wildman–Crippen LogP) is 9.09. The summed E-state index contributed by atoms with van der Waals surface area (Å²) in [6, 6.07) is 0. The second-order valence-corrected chi connectivity index (χ2v) is 21.3. The molecule has 5 aliphatic carbocycles. The van der Waals surface area contributed by atoms with E-state index < -0.39 is 28.5 Å². The molecule has 5 aliphatic rings. The Kier molecular flexibility index (Phi) is 11.1. The highest BCUT2D eigenvalue weighted by Gasteiger charge is 2.72. The molecule has 300 valence electrons. The van der Waals surface area contributed by atoms with Crippen LogP contribution in [0.25, 0.3) is 0 Å². The van der Waals surface area contributed by atoms with Crippen LogP contribution >= 0.6 is 0 Å². The number of rotatable bonds is 10. The number of amides is 2. The van der Waals surface area contributed by atoms with Gasteiger partial charge in [-0.2, -0.15) is 0 Å². The number of carbonyl (C=O) groups is 4. The number of fused-ring (bicyclic) bond motifs is 7. The minimum atomic E-state index is -0.898. The summed E-state index contributed by atoms with van der Waals surface area (Å²) in [7, 11) is 0. The van der Waals surface area contributed by atoms with E-state index in [1.54, 1.807) is 0 Å². The third-order valence-corrected chi connectivity index (χ3v) is 16.1. The number of carboxylic acid groups (broad SMARTS) is 1. The van der Waals surface area contributed by atoms with E-state index >= 15 is 0 Å². The summed E-state index contributed by atoms with van der Waals surface area (Å²) in [5.74, 6) is 0.888. The summed E-state index contributed by atoms with van der Waals surface area (Å²) in [5, 5.41) is 15.4. The van der Waals surface area contributed by atoms with Gasteiger partial charge in [-0.05, 0) is 143 Å². The number of hydrogen-bond donors (Lipinski definition) is 3. The molecule has 0 aromatic heterocycles. The lowest BCUT2D eigenvalue weighted by atomic mass is 9.32. The summed E-state index contributed by atoms with van der Waals surface area (Å²) >= 11 is 0. The van der Waals surface area contributed by atoms with Crippen molar-refractivity contribution < 1.29 is 33.8 Å². The first kappa shape index (κ1) is 41.6. The largest absolute Gasteiger partial charge is 0.481 e. The van der Waals surface area contributed by atoms with Gasteiger partial charge >= 0.3 is 18.0 Å². The molecule has 9 heteroatoms. The molecule has 0 heterocycles. The second kappa shape index (κ2) is 14.2. The van der Waals surface area contributed by atoms with Crippen LogP contribution in [0.2, 0.25) is 0 Å². The SMILES string of the molecule is C=C(C)[C@@H]1CC[C@]2(C(=O)NCCNC(=O)OC(C)(C)C)CC[C@]3(C)[C@H](CCC4[C@@]5(C)CC[C@H](OC(=O)CC(C)(C)CC(=O)O)C(C)(C)C5CC[C@]43C)C12. The van der Waals surface area contributed by atoms with Crippen molar-refractivity contribution in [1.82, 2.24) is 10.6 Å². The van der Waals surface area contributed by atoms with E-state index in [1.165, 1.54) is 5.57 Å². The Labute approximate surface area is 319 Å². The fourth-order valence-electron chi connectivity index (χ4n) is 13.6. The first-order valence-corrected chi connectivity index (χ1v) is 20.6. The Morgan fingerprint density at radius 3 is 2.06 bits per heavy atom. The van der Waals surface area contributed by atoms with E-state index in [9.17, 15) is 24.3 Å². The highest BCUT2D eigenvalue weighted by Crippen LogP contribution is 2.77. The first-order valence-electron chi connectivity index (χ1n) is 20.6. The van der Waals surface area contributed by atoms with Crippen molar-refractivity contribution in [2.45, 2.75) is 165 Å². The van der Waals surface area contributed by atoms with E-state index in [1.807, 2.05) is 34.6 Å². The Bertz CT molecular complexity index is 1460. The van der Waals surface area contributed by atoms with Crippen molar-refractivity contribution in [1.29, 1.82) is 0 Å². The van der Waals surface area contributed by atoms with Crippen LogP contribution in [0.1, 0.15) is 153 Å². The number of carbonyl (C=O) groups excluding carboxylic acids is 3. The zero-order valence-electron chi connectivity index (χ0n) is 35.0. The van der Waals surface area contributed by atoms with Crippen LogP contribution in [0.15, 0.2) is 12.2 Å². The first-order chi connectivity index (χ1) is 24.3. The van der Waals surface area contributed by atoms with Gasteiger partial charge in [-0.1, -0.05) is 60.6 Å². The number of ether oxygens (including phenoxy) is 2. The van der Waals surface area contributed by atoms with Crippen molar-refractivity contribution in [3.05, 3.63) is 12.2 Å². The van der Waals surface area contributed by atoms with Crippen LogP contribution in [-0.4, -0.2) is 53.8 Å². The number of esters is 1. The molecule has 9 nitrogen and oxygen atoms in total. The van der Waals surface area contributed by atoms with Crippen LogP contribution in [-0.2, 0) is 23.9 Å². The van der Waals surface area contributed by atoms with Crippen LogP contribution in [0.4, 0.5) is 4.79 Å². The number of hydrogen-bond acceptors (Lipinski definition) is 6. The standard InChI is InChI=1S/C44H72N2O7/c1-27(2)28-15-20-44(36(50)45-23-24-46-37(51)53-38(3,4)5)22-21-42(11)29(35(28)44)13-14-31-41(10)18-17-32(40(8,9)30(41)16-19-43(31,42)12)52-34(49)26-39(6,7)25-33(47)48/h28-32,35H,1,13-26H2,2-12H3,(H,45,50)(H,46,51)(H,47,48)/t28-,29+,30?,31?,32-,35?,41-,42+,43+,44-/m0/s1. The summed E-state index contributed by atoms with van der Waals surface area (Å²) in [5.41, 5.74) is -0.356. The van der Waals surface area contributed by atoms with Gasteiger partial charge in [0.2, 0.25) is 5.91 Å². The molecule has 2 amide bonds. The fraction of sp³-hybridized carbons (Fsp3) is 0.864. The number of aliphatic carboxylic acids is 1. The second-order valence-electron chi connectivity index (χ2n) is 21.3. The Balaban J connectivity index is 1.33. The molecule has 0 aromatic carbocycles. The third kappa shape index (κ3) is 7.42. The quantitative estimate of drug-likeness (QED) is 0.116. The van der Waals surface area contributed by atoms with Gasteiger partial charge in [0.1, 0.15) is 11.7 Å². The molecule has 0 aliphatic heterocycles. The molecule has 5 saturated carbocycles. The molecule has 0 spiro atoms. The van der Waals surface area contributed by atoms with Gasteiger partial charge in [0, 0.05) is 18.5 Å². The minimum Gasteiger partial charge on any atom is -0.481 e. The van der Waals surface area contributed by atoms with Crippen molar-refractivity contribution >= 4 is 23.9 Å². The molecule has 0 bridgehead atoms. The average Bonchev–Trinajstić information content (AvgIpc) is 3.40. The molecular formula is C44H72N2O7. The Morgan fingerprint density at radius 1 is 0.774 bits per heavy atom. The van der Waals surface area contributed by atoms with E-state index in [-0.39, 0.29) is 58.4 Å². The average molecular weight is 741 g/mol. The van der Waals surface area contributed by atoms with Crippen molar-refractivity contribution in [3.63, 3.8) is 0 Å². The van der Waals surface area contributed by atoms with E-state index in [0.717, 1.165) is 64.2 Å². The van der Waals surface area contributed by atoms with Gasteiger partial charge in [-0.3, -0.25) is 14.4 Å². The molecule has 5 rings (SSSR count). The monoisotopic (exact) mass is 741 g/mol. The smallest absolute Gasteiger partial charge is 0.407 e. The Hall–Kier alpha value is -2.58. The zero-order chi connectivity index (χ0) is 39.6. The van der Waals surface area contributed by atoms with Gasteiger partial charge in [0.05, 0.1) is 18.3 Å². The lowest BCUT2D eigenvalue weighted by Crippen LogP contribution is -2.67. The third-order valence-electron chi connectivity index (χ3n) is 16.1. The molecule has 0 saturated heterocycles. The molecule has 3 N–H and O–H groups in total. The highest BCUT2D eigenvalue weighted by atomic mass is 16.6. The number of nitrogens with one attached hydrogen (secondary N) is 2. The fourth-order valence-corrected chi connectivity index (χ4v) is 13.6.